The summed E-state index contributed by atoms with van der Waals surface area (Å²) in [6, 6.07) is 8.42. The maximum absolute atomic E-state index is 14.0. The van der Waals surface area contributed by atoms with Crippen LogP contribution in [0.4, 0.5) is 11.8 Å². The fraction of sp³-hybridized carbons (Fsp3) is 0.581. The summed E-state index contributed by atoms with van der Waals surface area (Å²) >= 11 is 11.9. The molecule has 26 heteroatoms. The molecule has 2 aliphatic heterocycles. The van der Waals surface area contributed by atoms with E-state index in [4.69, 9.17) is 61.3 Å². The van der Waals surface area contributed by atoms with E-state index in [0.29, 0.717) is 11.2 Å². The molecule has 8 atom stereocenters. The largest absolute Gasteiger partial charge is 0.453 e. The average Bonchev–Trinajstić information content (AvgIpc) is 4.03. The number of ether oxygens (including phenoxy) is 3. The summed E-state index contributed by atoms with van der Waals surface area (Å²) in [5.41, 5.74) is 6.44. The summed E-state index contributed by atoms with van der Waals surface area (Å²) in [5.74, 6) is -1.48. The molecule has 1 amide bonds. The second-order valence-electron chi connectivity index (χ2n) is 20.6. The van der Waals surface area contributed by atoms with E-state index in [9.17, 15) is 19.3 Å². The van der Waals surface area contributed by atoms with E-state index in [1.54, 1.807) is 48.7 Å². The average molecular weight is 1050 g/mol. The summed E-state index contributed by atoms with van der Waals surface area (Å²) in [6.45, 7) is 19.7. The molecule has 0 spiro atoms. The number of anilines is 2. The molecule has 4 aromatic heterocycles. The van der Waals surface area contributed by atoms with Gasteiger partial charge in [0.15, 0.2) is 51.6 Å². The van der Waals surface area contributed by atoms with Crippen molar-refractivity contribution in [2.75, 3.05) is 24.3 Å². The fourth-order valence-corrected chi connectivity index (χ4v) is 11.1. The number of aromatic nitrogens is 8. The van der Waals surface area contributed by atoms with Crippen LogP contribution in [0.5, 0.6) is 0 Å². The lowest BCUT2D eigenvalue weighted by atomic mass is 10.1. The summed E-state index contributed by atoms with van der Waals surface area (Å²) in [5, 5.41) is 2.09. The first-order chi connectivity index (χ1) is 32.1. The molecular formula is C43H62ClN10O11PSSi2. The molecule has 2 fully saturated rings. The van der Waals surface area contributed by atoms with Gasteiger partial charge in [-0.1, -0.05) is 73.6 Å². The molecule has 376 valence electrons. The van der Waals surface area contributed by atoms with Crippen molar-refractivity contribution in [3.63, 3.8) is 0 Å². The van der Waals surface area contributed by atoms with E-state index in [1.807, 2.05) is 13.1 Å². The Morgan fingerprint density at radius 2 is 1.58 bits per heavy atom. The van der Waals surface area contributed by atoms with E-state index in [0.717, 1.165) is 0 Å². The highest BCUT2D eigenvalue weighted by Crippen LogP contribution is 2.51. The number of hydrogen-bond donors (Lipinski definition) is 4. The third-order valence-corrected chi connectivity index (χ3v) is 24.0. The number of fused-ring (bicyclic) bond motifs is 2. The van der Waals surface area contributed by atoms with Crippen molar-refractivity contribution in [3.05, 3.63) is 64.2 Å². The lowest BCUT2D eigenvalue weighted by Crippen LogP contribution is -2.50. The Hall–Kier alpha value is -4.05. The molecule has 1 aromatic carbocycles. The zero-order valence-electron chi connectivity index (χ0n) is 40.8. The first kappa shape index (κ1) is 52.8. The molecule has 6 heterocycles. The number of H-pyrrole nitrogens is 1. The lowest BCUT2D eigenvalue weighted by Gasteiger charge is -2.40. The topological polar surface area (TPSA) is 264 Å². The molecular weight excluding hydrogens is 987 g/mol. The number of imidazole rings is 2. The van der Waals surface area contributed by atoms with Crippen molar-refractivity contribution in [2.24, 2.45) is 5.92 Å². The van der Waals surface area contributed by atoms with Crippen molar-refractivity contribution >= 4 is 92.7 Å². The summed E-state index contributed by atoms with van der Waals surface area (Å²) in [6.07, 6.45) is -3.88. The Labute approximate surface area is 412 Å². The summed E-state index contributed by atoms with van der Waals surface area (Å²) < 4.78 is 49.0. The minimum atomic E-state index is -4.21. The molecule has 2 unspecified atom stereocenters. The van der Waals surface area contributed by atoms with E-state index >= 15 is 0 Å². The van der Waals surface area contributed by atoms with Gasteiger partial charge in [0.25, 0.3) is 5.56 Å². The number of carbonyl (C=O) groups excluding carboxylic acids is 2. The van der Waals surface area contributed by atoms with E-state index in [-0.39, 0.29) is 62.8 Å². The van der Waals surface area contributed by atoms with Crippen molar-refractivity contribution in [1.82, 2.24) is 39.0 Å². The second-order valence-corrected chi connectivity index (χ2v) is 33.3. The predicted octanol–water partition coefficient (Wildman–Crippen LogP) is 7.23. The monoisotopic (exact) mass is 1050 g/mol. The van der Waals surface area contributed by atoms with Crippen molar-refractivity contribution in [3.8, 4) is 0 Å². The highest BCUT2D eigenvalue weighted by Gasteiger charge is 2.54. The highest BCUT2D eigenvalue weighted by molar-refractivity contribution is 8.07. The number of aromatic amines is 1. The molecule has 0 bridgehead atoms. The number of esters is 1. The van der Waals surface area contributed by atoms with Gasteiger partial charge in [-0.2, -0.15) is 15.0 Å². The van der Waals surface area contributed by atoms with Crippen LogP contribution in [-0.2, 0) is 48.7 Å². The van der Waals surface area contributed by atoms with Gasteiger partial charge in [-0.25, -0.2) is 14.8 Å². The molecule has 2 aliphatic rings. The van der Waals surface area contributed by atoms with Gasteiger partial charge in [-0.05, 0) is 71.8 Å². The molecule has 7 rings (SSSR count). The van der Waals surface area contributed by atoms with Gasteiger partial charge in [0, 0.05) is 12.3 Å². The van der Waals surface area contributed by atoms with Gasteiger partial charge >= 0.3 is 12.7 Å². The highest BCUT2D eigenvalue weighted by atomic mass is 35.5. The van der Waals surface area contributed by atoms with Crippen LogP contribution in [0.15, 0.2) is 47.8 Å². The zero-order valence-corrected chi connectivity index (χ0v) is 45.2. The van der Waals surface area contributed by atoms with Crippen LogP contribution in [0.1, 0.15) is 84.6 Å². The molecule has 2 saturated heterocycles. The quantitative estimate of drug-likeness (QED) is 0.0329. The first-order valence-corrected chi connectivity index (χ1v) is 31.3. The van der Waals surface area contributed by atoms with Gasteiger partial charge in [0.2, 0.25) is 17.1 Å². The van der Waals surface area contributed by atoms with E-state index < -0.39 is 90.4 Å². The van der Waals surface area contributed by atoms with Gasteiger partial charge in [-0.3, -0.25) is 29.0 Å². The number of nitrogens with zero attached hydrogens (tertiary/aromatic N) is 7. The van der Waals surface area contributed by atoms with Crippen LogP contribution in [0, 0.1) is 5.92 Å². The van der Waals surface area contributed by atoms with Crippen molar-refractivity contribution in [1.29, 1.82) is 0 Å². The number of amides is 1. The molecule has 69 heavy (non-hydrogen) atoms. The third kappa shape index (κ3) is 11.5. The minimum absolute atomic E-state index is 0.0455. The van der Waals surface area contributed by atoms with Gasteiger partial charge < -0.3 is 42.7 Å². The van der Waals surface area contributed by atoms with Crippen LogP contribution in [0.3, 0.4) is 0 Å². The molecule has 21 nitrogen and oxygen atoms in total. The van der Waals surface area contributed by atoms with Crippen molar-refractivity contribution < 1.29 is 46.6 Å². The SMILES string of the molecule is CC(C)C(=O)Nc1nc2c(ncn2[C@@H]2O[C@H](COP(O)(=S)O[C@@H]3C[C@H](n4cnc5c(N)nc(Cl)nc54)O[C@@H]3CO[Si](C)(C)C(C)(C)C)[C@H](OC(=O)c3ccccc3)C2O[Si](C)(C)C(C)(C)C)c(=O)[nH]1. The van der Waals surface area contributed by atoms with E-state index in [2.05, 4.69) is 89.9 Å². The maximum atomic E-state index is 14.0. The normalized spacial score (nSPS) is 23.5. The Morgan fingerprint density at radius 1 is 0.942 bits per heavy atom. The first-order valence-electron chi connectivity index (χ1n) is 22.5. The molecule has 0 radical (unpaired) electrons. The number of nitrogens with one attached hydrogen (secondary N) is 2. The summed E-state index contributed by atoms with van der Waals surface area (Å²) in [4.78, 5) is 76.3. The lowest BCUT2D eigenvalue weighted by molar-refractivity contribution is -0.118. The number of nitrogen functional groups attached to an aromatic ring is 1. The molecule has 5 N–H and O–H groups in total. The number of hydrogen-bond acceptors (Lipinski definition) is 17. The smallest absolute Gasteiger partial charge is 0.338 e. The maximum Gasteiger partial charge on any atom is 0.338 e. The van der Waals surface area contributed by atoms with Crippen molar-refractivity contribution in [2.45, 2.75) is 141 Å². The molecule has 0 saturated carbocycles. The van der Waals surface area contributed by atoms with Crippen LogP contribution < -0.4 is 16.6 Å². The Bertz CT molecular complexity index is 2800. The standard InChI is InChI=1S/C43H62ClN10O11PSSi2/c1-23(2)36(55)51-41-50-35-30(37(56)52-41)47-22-54(35)38-32(65-69(11,12)43(6,7)8)31(63-39(57)24-16-14-13-15-17-24)27(62-38)19-59-66(58,67)64-25-18-28(61-26(25)20-60-68(9,10)42(3,4)5)53-21-46-29-33(45)48-40(44)49-34(29)53/h13-17,21-23,25-28,31-32,38H,18-20H2,1-12H3,(H,58,67)(H2,45,48,49)(H2,50,51,52,55,56)/t25-,26-,27-,28-,31+,32?,38-,66?/m1/s1. The van der Waals surface area contributed by atoms with Crippen LogP contribution in [0.25, 0.3) is 22.3 Å². The Balaban J connectivity index is 1.22. The number of halogens is 1. The van der Waals surface area contributed by atoms with Gasteiger partial charge in [-0.15, -0.1) is 0 Å². The van der Waals surface area contributed by atoms with Gasteiger partial charge in [0.1, 0.15) is 30.1 Å². The second kappa shape index (κ2) is 19.9. The van der Waals surface area contributed by atoms with Crippen LogP contribution in [0.2, 0.25) is 41.5 Å². The summed E-state index contributed by atoms with van der Waals surface area (Å²) in [7, 11) is -5.08. The minimum Gasteiger partial charge on any atom is -0.453 e. The van der Waals surface area contributed by atoms with Crippen LogP contribution in [-0.4, -0.2) is 116 Å². The Kier molecular flexibility index (Phi) is 15.2. The molecule has 0 aliphatic carbocycles. The van der Waals surface area contributed by atoms with Gasteiger partial charge in [0.05, 0.1) is 37.5 Å². The third-order valence-electron chi connectivity index (χ3n) is 13.2. The number of rotatable bonds is 16. The van der Waals surface area contributed by atoms with E-state index in [1.165, 1.54) is 17.2 Å². The predicted molar refractivity (Wildman–Crippen MR) is 267 cm³/mol. The van der Waals surface area contributed by atoms with Crippen LogP contribution >= 0.6 is 18.3 Å². The number of nitrogens with two attached hydrogens (primary N) is 1. The molecule has 5 aromatic rings. The fourth-order valence-electron chi connectivity index (χ4n) is 7.18. The number of benzene rings is 1. The Morgan fingerprint density at radius 3 is 2.23 bits per heavy atom. The zero-order chi connectivity index (χ0) is 50.6. The number of carbonyl (C=O) groups is 2.